The lowest BCUT2D eigenvalue weighted by molar-refractivity contribution is -0.176. The van der Waals surface area contributed by atoms with Crippen LogP contribution in [0.1, 0.15) is 25.0 Å². The van der Waals surface area contributed by atoms with Gasteiger partial charge in [-0.3, -0.25) is 18.0 Å². The van der Waals surface area contributed by atoms with E-state index in [1.807, 2.05) is 0 Å². The molecule has 0 N–H and O–H groups in total. The zero-order valence-electron chi connectivity index (χ0n) is 19.8. The number of carbonyl (C=O) groups excluding carboxylic acids is 2. The van der Waals surface area contributed by atoms with Gasteiger partial charge in [0.05, 0.1) is 36.2 Å². The third kappa shape index (κ3) is 7.10. The fourth-order valence-corrected chi connectivity index (χ4v) is 4.73. The second-order valence-corrected chi connectivity index (χ2v) is 10.8. The third-order valence-electron chi connectivity index (χ3n) is 4.87. The first-order chi connectivity index (χ1) is 16.4. The number of esters is 2. The van der Waals surface area contributed by atoms with E-state index >= 15 is 0 Å². The Labute approximate surface area is 205 Å². The Morgan fingerprint density at radius 2 is 0.971 bits per heavy atom. The number of hydrogen-bond acceptors (Lipinski definition) is 10. The van der Waals surface area contributed by atoms with Crippen LogP contribution in [0.3, 0.4) is 0 Å². The van der Waals surface area contributed by atoms with Crippen molar-refractivity contribution in [3.05, 3.63) is 59.7 Å². The quantitative estimate of drug-likeness (QED) is 0.229. The zero-order chi connectivity index (χ0) is 26.3. The molecule has 0 unspecified atom stereocenters. The molecule has 0 spiro atoms. The van der Waals surface area contributed by atoms with Crippen LogP contribution in [0.5, 0.6) is 0 Å². The molecule has 0 aliphatic carbocycles. The van der Waals surface area contributed by atoms with E-state index in [1.54, 1.807) is 13.8 Å². The summed E-state index contributed by atoms with van der Waals surface area (Å²) >= 11 is 0. The van der Waals surface area contributed by atoms with E-state index in [2.05, 4.69) is 0 Å². The standard InChI is InChI=1S/C23H28O10S2/c1-5-30-21(24)23(22(25)31-6-2,15-32-34(26,27)19-11-7-17(3)8-12-19)16-33-35(28,29)20-13-9-18(4)10-14-20/h7-14H,5-6,15-16H2,1-4H3. The maximum atomic E-state index is 12.9. The van der Waals surface area contributed by atoms with E-state index in [-0.39, 0.29) is 23.0 Å². The minimum absolute atomic E-state index is 0.185. The van der Waals surface area contributed by atoms with E-state index < -0.39 is 50.8 Å². The van der Waals surface area contributed by atoms with Crippen molar-refractivity contribution < 1.29 is 44.3 Å². The predicted octanol–water partition coefficient (Wildman–Crippen LogP) is 2.53. The lowest BCUT2D eigenvalue weighted by Crippen LogP contribution is -2.50. The molecular formula is C23H28O10S2. The van der Waals surface area contributed by atoms with Crippen molar-refractivity contribution in [1.82, 2.24) is 0 Å². The topological polar surface area (TPSA) is 139 Å². The highest BCUT2D eigenvalue weighted by atomic mass is 32.2. The van der Waals surface area contributed by atoms with Crippen LogP contribution in [0, 0.1) is 19.3 Å². The summed E-state index contributed by atoms with van der Waals surface area (Å²) in [6.45, 7) is 3.86. The summed E-state index contributed by atoms with van der Waals surface area (Å²) in [5.74, 6) is -2.51. The van der Waals surface area contributed by atoms with Gasteiger partial charge in [0.1, 0.15) is 0 Å². The molecule has 2 rings (SSSR count). The van der Waals surface area contributed by atoms with Crippen molar-refractivity contribution in [2.75, 3.05) is 26.4 Å². The van der Waals surface area contributed by atoms with Crippen LogP contribution >= 0.6 is 0 Å². The van der Waals surface area contributed by atoms with Crippen molar-refractivity contribution in [3.8, 4) is 0 Å². The van der Waals surface area contributed by atoms with E-state index in [9.17, 15) is 26.4 Å². The summed E-state index contributed by atoms with van der Waals surface area (Å²) in [5.41, 5.74) is -0.946. The van der Waals surface area contributed by atoms with Gasteiger partial charge < -0.3 is 9.47 Å². The predicted molar refractivity (Wildman–Crippen MR) is 124 cm³/mol. The fourth-order valence-electron chi connectivity index (χ4n) is 2.80. The number of ether oxygens (including phenoxy) is 2. The summed E-state index contributed by atoms with van der Waals surface area (Å²) in [7, 11) is -8.88. The highest BCUT2D eigenvalue weighted by Gasteiger charge is 2.52. The van der Waals surface area contributed by atoms with Gasteiger partial charge in [-0.15, -0.1) is 0 Å². The molecule has 0 radical (unpaired) electrons. The van der Waals surface area contributed by atoms with Crippen LogP contribution in [0.15, 0.2) is 58.3 Å². The van der Waals surface area contributed by atoms with Gasteiger partial charge in [0.15, 0.2) is 0 Å². The molecule has 192 valence electrons. The van der Waals surface area contributed by atoms with E-state index in [0.717, 1.165) is 11.1 Å². The lowest BCUT2D eigenvalue weighted by atomic mass is 9.90. The molecule has 0 aromatic heterocycles. The number of rotatable bonds is 12. The number of aryl methyl sites for hydroxylation is 2. The summed E-state index contributed by atoms with van der Waals surface area (Å²) < 4.78 is 70.9. The number of benzene rings is 2. The van der Waals surface area contributed by atoms with Gasteiger partial charge in [-0.05, 0) is 52.0 Å². The summed E-state index contributed by atoms with van der Waals surface area (Å²) in [6, 6.07) is 11.3. The molecule has 0 bridgehead atoms. The summed E-state index contributed by atoms with van der Waals surface area (Å²) in [6.07, 6.45) is 0. The molecule has 0 atom stereocenters. The van der Waals surface area contributed by atoms with Crippen LogP contribution in [0.25, 0.3) is 0 Å². The number of carbonyl (C=O) groups is 2. The zero-order valence-corrected chi connectivity index (χ0v) is 21.5. The van der Waals surface area contributed by atoms with Crippen LogP contribution in [0.2, 0.25) is 0 Å². The average Bonchev–Trinajstić information content (AvgIpc) is 2.80. The highest BCUT2D eigenvalue weighted by Crippen LogP contribution is 2.28. The smallest absolute Gasteiger partial charge is 0.328 e. The van der Waals surface area contributed by atoms with Crippen molar-refractivity contribution in [2.45, 2.75) is 37.5 Å². The van der Waals surface area contributed by atoms with Gasteiger partial charge in [-0.2, -0.15) is 16.8 Å². The maximum absolute atomic E-state index is 12.9. The second-order valence-electron chi connectivity index (χ2n) is 7.58. The molecular weight excluding hydrogens is 500 g/mol. The first-order valence-electron chi connectivity index (χ1n) is 10.6. The molecule has 0 heterocycles. The number of hydrogen-bond donors (Lipinski definition) is 0. The van der Waals surface area contributed by atoms with Crippen LogP contribution < -0.4 is 0 Å². The minimum atomic E-state index is -4.44. The van der Waals surface area contributed by atoms with Gasteiger partial charge in [0.25, 0.3) is 20.2 Å². The molecule has 0 amide bonds. The molecule has 0 saturated carbocycles. The first kappa shape index (κ1) is 28.4. The Hall–Kier alpha value is -2.80. The van der Waals surface area contributed by atoms with Gasteiger partial charge in [-0.25, -0.2) is 0 Å². The van der Waals surface area contributed by atoms with E-state index in [1.165, 1.54) is 62.4 Å². The Balaban J connectivity index is 2.43. The van der Waals surface area contributed by atoms with Crippen LogP contribution in [-0.2, 0) is 47.7 Å². The SMILES string of the molecule is CCOC(=O)C(COS(=O)(=O)c1ccc(C)cc1)(COS(=O)(=O)c1ccc(C)cc1)C(=O)OCC. The molecule has 0 aliphatic heterocycles. The normalized spacial score (nSPS) is 12.2. The maximum Gasteiger partial charge on any atom is 0.328 e. The van der Waals surface area contributed by atoms with E-state index in [4.69, 9.17) is 17.8 Å². The van der Waals surface area contributed by atoms with Gasteiger partial charge in [0, 0.05) is 0 Å². The summed E-state index contributed by atoms with van der Waals surface area (Å²) in [4.78, 5) is 25.4. The molecule has 12 heteroatoms. The molecule has 2 aromatic rings. The van der Waals surface area contributed by atoms with Crippen LogP contribution in [0.4, 0.5) is 0 Å². The van der Waals surface area contributed by atoms with Gasteiger partial charge >= 0.3 is 11.9 Å². The van der Waals surface area contributed by atoms with E-state index in [0.29, 0.717) is 0 Å². The monoisotopic (exact) mass is 528 g/mol. The highest BCUT2D eigenvalue weighted by molar-refractivity contribution is 7.87. The first-order valence-corrected chi connectivity index (χ1v) is 13.5. The fraction of sp³-hybridized carbons (Fsp3) is 0.391. The average molecular weight is 529 g/mol. The Morgan fingerprint density at radius 1 is 0.657 bits per heavy atom. The van der Waals surface area contributed by atoms with Crippen molar-refractivity contribution in [2.24, 2.45) is 5.41 Å². The Kier molecular flexibility index (Phi) is 9.55. The Morgan fingerprint density at radius 3 is 1.26 bits per heavy atom. The second kappa shape index (κ2) is 11.8. The van der Waals surface area contributed by atoms with Crippen molar-refractivity contribution in [3.63, 3.8) is 0 Å². The van der Waals surface area contributed by atoms with Gasteiger partial charge in [0.2, 0.25) is 5.41 Å². The lowest BCUT2D eigenvalue weighted by Gasteiger charge is -2.28. The van der Waals surface area contributed by atoms with Crippen molar-refractivity contribution in [1.29, 1.82) is 0 Å². The van der Waals surface area contributed by atoms with Crippen molar-refractivity contribution >= 4 is 32.2 Å². The molecule has 0 fully saturated rings. The van der Waals surface area contributed by atoms with Gasteiger partial charge in [-0.1, -0.05) is 35.4 Å². The molecule has 0 aliphatic rings. The third-order valence-corrected chi connectivity index (χ3v) is 7.43. The summed E-state index contributed by atoms with van der Waals surface area (Å²) in [5, 5.41) is 0. The molecule has 35 heavy (non-hydrogen) atoms. The van der Waals surface area contributed by atoms with Crippen LogP contribution in [-0.4, -0.2) is 55.2 Å². The molecule has 10 nitrogen and oxygen atoms in total. The molecule has 0 saturated heterocycles. The molecule has 2 aromatic carbocycles. The largest absolute Gasteiger partial charge is 0.465 e. The Bertz CT molecular complexity index is 1130. The minimum Gasteiger partial charge on any atom is -0.465 e.